The van der Waals surface area contributed by atoms with Gasteiger partial charge in [0.1, 0.15) is 12.6 Å². The van der Waals surface area contributed by atoms with Crippen molar-refractivity contribution < 1.29 is 18.0 Å². The van der Waals surface area contributed by atoms with Crippen LogP contribution in [-0.4, -0.2) is 43.8 Å². The summed E-state index contributed by atoms with van der Waals surface area (Å²) >= 11 is 12.2. The van der Waals surface area contributed by atoms with Gasteiger partial charge in [0.25, 0.3) is 10.0 Å². The molecule has 0 unspecified atom stereocenters. The van der Waals surface area contributed by atoms with E-state index in [-0.39, 0.29) is 23.4 Å². The summed E-state index contributed by atoms with van der Waals surface area (Å²) in [4.78, 5) is 28.9. The molecule has 0 heterocycles. The number of carbonyl (C=O) groups excluding carboxylic acids is 2. The molecule has 3 aromatic carbocycles. The average Bonchev–Trinajstić information content (AvgIpc) is 2.95. The molecular weight excluding hydrogens is 581 g/mol. The van der Waals surface area contributed by atoms with E-state index >= 15 is 0 Å². The van der Waals surface area contributed by atoms with Gasteiger partial charge in [-0.05, 0) is 86.3 Å². The van der Waals surface area contributed by atoms with Crippen LogP contribution in [0.4, 0.5) is 5.69 Å². The first kappa shape index (κ1) is 30.9. The third kappa shape index (κ3) is 8.03. The van der Waals surface area contributed by atoms with Gasteiger partial charge in [0.2, 0.25) is 11.8 Å². The number of aryl methyl sites for hydroxylation is 1. The Morgan fingerprint density at radius 3 is 2.27 bits per heavy atom. The molecule has 0 spiro atoms. The maximum absolute atomic E-state index is 14.1. The number of nitrogens with zero attached hydrogens (tertiary/aromatic N) is 2. The standard InChI is InChI=1S/C31H35Cl2N3O4S/c1-22-8-6-13-28(18-22)36(41(39,40)29-16-14-25(32)15-17-29)21-30(37)35(20-24-9-7-10-26(33)19-24)23(2)31(38)34-27-11-4-3-5-12-27/h6-10,13-19,23,27H,3-5,11-12,20-21H2,1-2H3,(H,34,38)/t23-/m1/s1. The van der Waals surface area contributed by atoms with Crippen LogP contribution in [-0.2, 0) is 26.2 Å². The summed E-state index contributed by atoms with van der Waals surface area (Å²) in [5.74, 6) is -0.787. The minimum absolute atomic E-state index is 0.000636. The average molecular weight is 617 g/mol. The summed E-state index contributed by atoms with van der Waals surface area (Å²) < 4.78 is 28.9. The molecule has 0 saturated heterocycles. The monoisotopic (exact) mass is 615 g/mol. The smallest absolute Gasteiger partial charge is 0.264 e. The Bertz CT molecular complexity index is 1470. The number of amides is 2. The molecule has 7 nitrogen and oxygen atoms in total. The highest BCUT2D eigenvalue weighted by Gasteiger charge is 2.33. The number of sulfonamides is 1. The van der Waals surface area contributed by atoms with Crippen LogP contribution in [0.25, 0.3) is 0 Å². The van der Waals surface area contributed by atoms with Crippen molar-refractivity contribution in [2.24, 2.45) is 0 Å². The van der Waals surface area contributed by atoms with E-state index in [1.807, 2.05) is 19.1 Å². The van der Waals surface area contributed by atoms with E-state index < -0.39 is 28.5 Å². The fraction of sp³-hybridized carbons (Fsp3) is 0.355. The minimum Gasteiger partial charge on any atom is -0.352 e. The summed E-state index contributed by atoms with van der Waals surface area (Å²) in [7, 11) is -4.16. The lowest BCUT2D eigenvalue weighted by molar-refractivity contribution is -0.139. The number of rotatable bonds is 10. The Hall–Kier alpha value is -3.07. The Kier molecular flexibility index (Phi) is 10.3. The van der Waals surface area contributed by atoms with E-state index in [1.54, 1.807) is 43.3 Å². The van der Waals surface area contributed by atoms with Crippen molar-refractivity contribution in [3.8, 4) is 0 Å². The van der Waals surface area contributed by atoms with Crippen molar-refractivity contribution >= 4 is 50.7 Å². The van der Waals surface area contributed by atoms with Gasteiger partial charge >= 0.3 is 0 Å². The number of halogens is 2. The molecule has 1 aliphatic rings. The molecule has 2 amide bonds. The minimum atomic E-state index is -4.16. The van der Waals surface area contributed by atoms with Crippen LogP contribution < -0.4 is 9.62 Å². The second kappa shape index (κ2) is 13.7. The zero-order valence-corrected chi connectivity index (χ0v) is 25.6. The van der Waals surface area contributed by atoms with Crippen molar-refractivity contribution in [3.05, 3.63) is 94.0 Å². The second-order valence-electron chi connectivity index (χ2n) is 10.5. The Morgan fingerprint density at radius 2 is 1.61 bits per heavy atom. The van der Waals surface area contributed by atoms with Crippen LogP contribution in [0.1, 0.15) is 50.2 Å². The quantitative estimate of drug-likeness (QED) is 0.287. The Morgan fingerprint density at radius 1 is 0.927 bits per heavy atom. The summed E-state index contributed by atoms with van der Waals surface area (Å²) in [5, 5.41) is 4.00. The zero-order valence-electron chi connectivity index (χ0n) is 23.2. The summed E-state index contributed by atoms with van der Waals surface area (Å²) in [6, 6.07) is 19.0. The number of anilines is 1. The first-order valence-electron chi connectivity index (χ1n) is 13.7. The largest absolute Gasteiger partial charge is 0.352 e. The normalized spacial score (nSPS) is 14.7. The van der Waals surface area contributed by atoms with E-state index in [4.69, 9.17) is 23.2 Å². The fourth-order valence-corrected chi connectivity index (χ4v) is 6.77. The van der Waals surface area contributed by atoms with Crippen molar-refractivity contribution in [1.82, 2.24) is 10.2 Å². The molecule has 0 bridgehead atoms. The van der Waals surface area contributed by atoms with Gasteiger partial charge in [0, 0.05) is 22.6 Å². The molecule has 218 valence electrons. The fourth-order valence-electron chi connectivity index (χ4n) is 5.03. The van der Waals surface area contributed by atoms with Crippen LogP contribution in [0.5, 0.6) is 0 Å². The van der Waals surface area contributed by atoms with Gasteiger partial charge in [-0.3, -0.25) is 13.9 Å². The van der Waals surface area contributed by atoms with Gasteiger partial charge < -0.3 is 10.2 Å². The lowest BCUT2D eigenvalue weighted by Gasteiger charge is -2.33. The lowest BCUT2D eigenvalue weighted by atomic mass is 9.95. The van der Waals surface area contributed by atoms with Crippen LogP contribution in [0.2, 0.25) is 10.0 Å². The molecule has 41 heavy (non-hydrogen) atoms. The van der Waals surface area contributed by atoms with E-state index in [0.29, 0.717) is 15.7 Å². The molecule has 3 aromatic rings. The number of carbonyl (C=O) groups is 2. The number of hydrogen-bond acceptors (Lipinski definition) is 4. The number of nitrogens with one attached hydrogen (secondary N) is 1. The summed E-state index contributed by atoms with van der Waals surface area (Å²) in [6.45, 7) is 3.10. The maximum atomic E-state index is 14.1. The van der Waals surface area contributed by atoms with E-state index in [9.17, 15) is 18.0 Å². The predicted octanol–water partition coefficient (Wildman–Crippen LogP) is 6.36. The van der Waals surface area contributed by atoms with Gasteiger partial charge in [-0.1, -0.05) is 66.7 Å². The van der Waals surface area contributed by atoms with Crippen LogP contribution in [0.15, 0.2) is 77.7 Å². The molecule has 0 aliphatic heterocycles. The third-order valence-corrected chi connectivity index (χ3v) is 9.61. The molecule has 0 aromatic heterocycles. The van der Waals surface area contributed by atoms with Gasteiger partial charge in [0.05, 0.1) is 10.6 Å². The van der Waals surface area contributed by atoms with Gasteiger partial charge in [-0.15, -0.1) is 0 Å². The zero-order chi connectivity index (χ0) is 29.6. The predicted molar refractivity (Wildman–Crippen MR) is 164 cm³/mol. The highest BCUT2D eigenvalue weighted by molar-refractivity contribution is 7.92. The summed E-state index contributed by atoms with van der Waals surface area (Å²) in [5.41, 5.74) is 1.91. The first-order chi connectivity index (χ1) is 19.5. The number of benzene rings is 3. The second-order valence-corrected chi connectivity index (χ2v) is 13.2. The molecule has 10 heteroatoms. The van der Waals surface area contributed by atoms with Crippen LogP contribution in [0.3, 0.4) is 0 Å². The molecule has 1 aliphatic carbocycles. The molecular formula is C31H35Cl2N3O4S. The van der Waals surface area contributed by atoms with Crippen molar-refractivity contribution in [2.45, 2.75) is 69.5 Å². The molecule has 0 radical (unpaired) electrons. The SMILES string of the molecule is Cc1cccc(N(CC(=O)N(Cc2cccc(Cl)c2)[C@H](C)C(=O)NC2CCCCC2)S(=O)(=O)c2ccc(Cl)cc2)c1. The van der Waals surface area contributed by atoms with Crippen LogP contribution in [0, 0.1) is 6.92 Å². The van der Waals surface area contributed by atoms with Gasteiger partial charge in [0.15, 0.2) is 0 Å². The highest BCUT2D eigenvalue weighted by atomic mass is 35.5. The van der Waals surface area contributed by atoms with Crippen molar-refractivity contribution in [3.63, 3.8) is 0 Å². The summed E-state index contributed by atoms with van der Waals surface area (Å²) in [6.07, 6.45) is 5.07. The molecule has 4 rings (SSSR count). The third-order valence-electron chi connectivity index (χ3n) is 7.33. The Labute approximate surface area is 252 Å². The highest BCUT2D eigenvalue weighted by Crippen LogP contribution is 2.27. The molecule has 1 atom stereocenters. The van der Waals surface area contributed by atoms with Gasteiger partial charge in [-0.25, -0.2) is 8.42 Å². The molecule has 1 saturated carbocycles. The number of hydrogen-bond donors (Lipinski definition) is 1. The topological polar surface area (TPSA) is 86.8 Å². The molecule has 1 fully saturated rings. The van der Waals surface area contributed by atoms with E-state index in [2.05, 4.69) is 5.32 Å². The van der Waals surface area contributed by atoms with Gasteiger partial charge in [-0.2, -0.15) is 0 Å². The first-order valence-corrected chi connectivity index (χ1v) is 15.9. The van der Waals surface area contributed by atoms with E-state index in [0.717, 1.165) is 47.5 Å². The molecule has 1 N–H and O–H groups in total. The van der Waals surface area contributed by atoms with E-state index in [1.165, 1.54) is 29.2 Å². The Balaban J connectivity index is 1.68. The van der Waals surface area contributed by atoms with Crippen molar-refractivity contribution in [2.75, 3.05) is 10.8 Å². The maximum Gasteiger partial charge on any atom is 0.264 e. The lowest BCUT2D eigenvalue weighted by Crippen LogP contribution is -2.53. The van der Waals surface area contributed by atoms with Crippen molar-refractivity contribution in [1.29, 1.82) is 0 Å². The van der Waals surface area contributed by atoms with Crippen LogP contribution >= 0.6 is 23.2 Å².